The van der Waals surface area contributed by atoms with Gasteiger partial charge in [0.15, 0.2) is 0 Å². The number of aliphatic hydroxyl groups is 1. The Morgan fingerprint density at radius 3 is 3.05 bits per heavy atom. The maximum atomic E-state index is 12.4. The molecule has 0 spiro atoms. The van der Waals surface area contributed by atoms with Crippen LogP contribution in [0.15, 0.2) is 24.3 Å². The lowest BCUT2D eigenvalue weighted by Gasteiger charge is -2.21. The monoisotopic (exact) mass is 262 g/mol. The van der Waals surface area contributed by atoms with Crippen LogP contribution in [0, 0.1) is 5.92 Å². The summed E-state index contributed by atoms with van der Waals surface area (Å²) in [5.41, 5.74) is 7.42. The van der Waals surface area contributed by atoms with Crippen molar-refractivity contribution in [2.75, 3.05) is 25.4 Å². The van der Waals surface area contributed by atoms with Crippen molar-refractivity contribution >= 4 is 11.6 Å². The Balaban J connectivity index is 2.00. The van der Waals surface area contributed by atoms with Gasteiger partial charge >= 0.3 is 0 Å². The van der Waals surface area contributed by atoms with Gasteiger partial charge in [-0.05, 0) is 43.4 Å². The third-order valence-electron chi connectivity index (χ3n) is 3.92. The molecule has 0 bridgehead atoms. The zero-order chi connectivity index (χ0) is 13.8. The highest BCUT2D eigenvalue weighted by atomic mass is 16.3. The lowest BCUT2D eigenvalue weighted by Crippen LogP contribution is -2.32. The fourth-order valence-electron chi connectivity index (χ4n) is 2.70. The van der Waals surface area contributed by atoms with Gasteiger partial charge in [0.25, 0.3) is 0 Å². The molecule has 104 valence electrons. The molecule has 1 aliphatic heterocycles. The second-order valence-corrected chi connectivity index (χ2v) is 5.34. The normalized spacial score (nSPS) is 20.5. The van der Waals surface area contributed by atoms with E-state index in [1.165, 1.54) is 0 Å². The van der Waals surface area contributed by atoms with E-state index in [-0.39, 0.29) is 18.4 Å². The highest BCUT2D eigenvalue weighted by Gasteiger charge is 2.29. The Labute approximate surface area is 114 Å². The van der Waals surface area contributed by atoms with Gasteiger partial charge in [0, 0.05) is 25.4 Å². The van der Waals surface area contributed by atoms with Crippen LogP contribution in [-0.4, -0.2) is 35.6 Å². The Hall–Kier alpha value is -1.55. The maximum absolute atomic E-state index is 12.4. The smallest absolute Gasteiger partial charge is 0.229 e. The standard InChI is InChI=1S/C15H22N2O2/c1-11(13-3-2-4-14(16)9-13)15(19)17-7-5-12(10-17)6-8-18/h2-4,9,11-12,18H,5-8,10,16H2,1H3. The second-order valence-electron chi connectivity index (χ2n) is 5.34. The number of likely N-dealkylation sites (tertiary alicyclic amines) is 1. The number of nitrogens with zero attached hydrogens (tertiary/aromatic N) is 1. The Kier molecular flexibility index (Phi) is 4.43. The predicted octanol–water partition coefficient (Wildman–Crippen LogP) is 1.60. The molecular formula is C15H22N2O2. The lowest BCUT2D eigenvalue weighted by atomic mass is 9.99. The minimum absolute atomic E-state index is 0.156. The third-order valence-corrected chi connectivity index (χ3v) is 3.92. The van der Waals surface area contributed by atoms with Gasteiger partial charge in [-0.2, -0.15) is 0 Å². The summed E-state index contributed by atoms with van der Waals surface area (Å²) in [6, 6.07) is 7.52. The minimum Gasteiger partial charge on any atom is -0.399 e. The number of nitrogens with two attached hydrogens (primary N) is 1. The van der Waals surface area contributed by atoms with Gasteiger partial charge in [-0.1, -0.05) is 12.1 Å². The van der Waals surface area contributed by atoms with E-state index in [0.29, 0.717) is 11.6 Å². The van der Waals surface area contributed by atoms with Gasteiger partial charge in [0.1, 0.15) is 0 Å². The number of hydrogen-bond acceptors (Lipinski definition) is 3. The van der Waals surface area contributed by atoms with Crippen molar-refractivity contribution in [3.63, 3.8) is 0 Å². The van der Waals surface area contributed by atoms with E-state index < -0.39 is 0 Å². The number of carbonyl (C=O) groups is 1. The average molecular weight is 262 g/mol. The second kappa shape index (κ2) is 6.06. The molecule has 0 aromatic heterocycles. The van der Waals surface area contributed by atoms with Crippen molar-refractivity contribution in [1.29, 1.82) is 0 Å². The topological polar surface area (TPSA) is 66.6 Å². The number of anilines is 1. The van der Waals surface area contributed by atoms with Crippen LogP contribution in [0.4, 0.5) is 5.69 Å². The zero-order valence-electron chi connectivity index (χ0n) is 11.4. The van der Waals surface area contributed by atoms with Gasteiger partial charge in [0.05, 0.1) is 5.92 Å². The molecule has 1 heterocycles. The molecule has 1 aromatic rings. The largest absolute Gasteiger partial charge is 0.399 e. The van der Waals surface area contributed by atoms with E-state index in [4.69, 9.17) is 10.8 Å². The van der Waals surface area contributed by atoms with E-state index in [1.807, 2.05) is 36.1 Å². The van der Waals surface area contributed by atoms with Crippen molar-refractivity contribution in [2.45, 2.75) is 25.7 Å². The first-order valence-electron chi connectivity index (χ1n) is 6.87. The maximum Gasteiger partial charge on any atom is 0.229 e. The molecule has 1 amide bonds. The lowest BCUT2D eigenvalue weighted by molar-refractivity contribution is -0.131. The molecule has 1 fully saturated rings. The van der Waals surface area contributed by atoms with Gasteiger partial charge in [-0.25, -0.2) is 0 Å². The van der Waals surface area contributed by atoms with E-state index in [1.54, 1.807) is 0 Å². The number of aliphatic hydroxyl groups excluding tert-OH is 1. The van der Waals surface area contributed by atoms with Crippen LogP contribution in [0.25, 0.3) is 0 Å². The van der Waals surface area contributed by atoms with Crippen LogP contribution >= 0.6 is 0 Å². The highest BCUT2D eigenvalue weighted by Crippen LogP contribution is 2.25. The number of rotatable bonds is 4. The summed E-state index contributed by atoms with van der Waals surface area (Å²) in [6.07, 6.45) is 1.78. The van der Waals surface area contributed by atoms with E-state index in [2.05, 4.69) is 0 Å². The molecule has 2 unspecified atom stereocenters. The summed E-state index contributed by atoms with van der Waals surface area (Å²) in [4.78, 5) is 14.3. The zero-order valence-corrected chi connectivity index (χ0v) is 11.4. The molecule has 4 nitrogen and oxygen atoms in total. The van der Waals surface area contributed by atoms with Gasteiger partial charge < -0.3 is 15.7 Å². The van der Waals surface area contributed by atoms with Gasteiger partial charge in [-0.3, -0.25) is 4.79 Å². The van der Waals surface area contributed by atoms with E-state index >= 15 is 0 Å². The van der Waals surface area contributed by atoms with Gasteiger partial charge in [0.2, 0.25) is 5.91 Å². The molecule has 1 saturated heterocycles. The molecule has 0 saturated carbocycles. The fraction of sp³-hybridized carbons (Fsp3) is 0.533. The molecule has 3 N–H and O–H groups in total. The Morgan fingerprint density at radius 2 is 2.37 bits per heavy atom. The first-order valence-corrected chi connectivity index (χ1v) is 6.87. The molecule has 2 atom stereocenters. The van der Waals surface area contributed by atoms with Crippen molar-refractivity contribution in [2.24, 2.45) is 5.92 Å². The molecule has 0 aliphatic carbocycles. The van der Waals surface area contributed by atoms with Crippen LogP contribution in [-0.2, 0) is 4.79 Å². The van der Waals surface area contributed by atoms with E-state index in [0.717, 1.165) is 31.5 Å². The summed E-state index contributed by atoms with van der Waals surface area (Å²) >= 11 is 0. The molecule has 19 heavy (non-hydrogen) atoms. The number of carbonyl (C=O) groups excluding carboxylic acids is 1. The Morgan fingerprint density at radius 1 is 1.58 bits per heavy atom. The fourth-order valence-corrected chi connectivity index (χ4v) is 2.70. The SMILES string of the molecule is CC(C(=O)N1CCC(CCO)C1)c1cccc(N)c1. The van der Waals surface area contributed by atoms with Crippen LogP contribution in [0.3, 0.4) is 0 Å². The first kappa shape index (κ1) is 13.9. The Bertz CT molecular complexity index is 448. The van der Waals surface area contributed by atoms with Gasteiger partial charge in [-0.15, -0.1) is 0 Å². The highest BCUT2D eigenvalue weighted by molar-refractivity contribution is 5.83. The number of benzene rings is 1. The number of hydrogen-bond donors (Lipinski definition) is 2. The quantitative estimate of drug-likeness (QED) is 0.810. The molecular weight excluding hydrogens is 240 g/mol. The summed E-state index contributed by atoms with van der Waals surface area (Å²) in [7, 11) is 0. The van der Waals surface area contributed by atoms with Crippen LogP contribution < -0.4 is 5.73 Å². The molecule has 4 heteroatoms. The molecule has 1 aliphatic rings. The summed E-state index contributed by atoms with van der Waals surface area (Å²) < 4.78 is 0. The summed E-state index contributed by atoms with van der Waals surface area (Å²) in [6.45, 7) is 3.70. The summed E-state index contributed by atoms with van der Waals surface area (Å²) in [5.74, 6) is 0.449. The van der Waals surface area contributed by atoms with Crippen molar-refractivity contribution in [3.05, 3.63) is 29.8 Å². The van der Waals surface area contributed by atoms with Crippen LogP contribution in [0.1, 0.15) is 31.2 Å². The van der Waals surface area contributed by atoms with Crippen molar-refractivity contribution < 1.29 is 9.90 Å². The van der Waals surface area contributed by atoms with Crippen molar-refractivity contribution in [1.82, 2.24) is 4.90 Å². The van der Waals surface area contributed by atoms with Crippen LogP contribution in [0.5, 0.6) is 0 Å². The average Bonchev–Trinajstić information content (AvgIpc) is 2.86. The predicted molar refractivity (Wildman–Crippen MR) is 75.7 cm³/mol. The molecule has 0 radical (unpaired) electrons. The minimum atomic E-state index is -0.156. The third kappa shape index (κ3) is 3.26. The van der Waals surface area contributed by atoms with E-state index in [9.17, 15) is 4.79 Å². The number of nitrogen functional groups attached to an aromatic ring is 1. The number of amides is 1. The molecule has 1 aromatic carbocycles. The van der Waals surface area contributed by atoms with Crippen LogP contribution in [0.2, 0.25) is 0 Å². The molecule has 2 rings (SSSR count). The summed E-state index contributed by atoms with van der Waals surface area (Å²) in [5, 5.41) is 8.95. The first-order chi connectivity index (χ1) is 9.11. The van der Waals surface area contributed by atoms with Crippen molar-refractivity contribution in [3.8, 4) is 0 Å².